The van der Waals surface area contributed by atoms with Crippen molar-refractivity contribution in [3.05, 3.63) is 54.1 Å². The van der Waals surface area contributed by atoms with Gasteiger partial charge in [0.2, 0.25) is 11.0 Å². The Labute approximate surface area is 164 Å². The van der Waals surface area contributed by atoms with Crippen LogP contribution >= 0.6 is 11.8 Å². The number of para-hydroxylation sites is 1. The SMILES string of the molecule is CSc1nnc2c(n1)OC(c1ccc(OCC(=O)[O-])cc1)Nc1ccccc1-2. The second kappa shape index (κ2) is 7.73. The van der Waals surface area contributed by atoms with Crippen molar-refractivity contribution in [1.29, 1.82) is 0 Å². The lowest BCUT2D eigenvalue weighted by molar-refractivity contribution is -0.307. The summed E-state index contributed by atoms with van der Waals surface area (Å²) in [6.07, 6.45) is 1.35. The number of carboxylic acid groups (broad SMARTS) is 1. The van der Waals surface area contributed by atoms with Gasteiger partial charge in [0.1, 0.15) is 12.4 Å². The van der Waals surface area contributed by atoms with E-state index in [1.54, 1.807) is 24.3 Å². The quantitative estimate of drug-likeness (QED) is 0.648. The average molecular weight is 395 g/mol. The highest BCUT2D eigenvalue weighted by molar-refractivity contribution is 7.98. The molecule has 0 aliphatic carbocycles. The molecule has 0 amide bonds. The molecule has 0 fully saturated rings. The number of hydrogen-bond donors (Lipinski definition) is 1. The summed E-state index contributed by atoms with van der Waals surface area (Å²) in [4.78, 5) is 15.0. The summed E-state index contributed by atoms with van der Waals surface area (Å²) >= 11 is 1.38. The van der Waals surface area contributed by atoms with Crippen molar-refractivity contribution in [1.82, 2.24) is 15.2 Å². The van der Waals surface area contributed by atoms with Gasteiger partial charge in [-0.15, -0.1) is 10.2 Å². The van der Waals surface area contributed by atoms with Crippen molar-refractivity contribution >= 4 is 23.4 Å². The largest absolute Gasteiger partial charge is 0.546 e. The van der Waals surface area contributed by atoms with Crippen LogP contribution in [0.1, 0.15) is 11.8 Å². The molecule has 2 aromatic carbocycles. The Bertz CT molecular complexity index is 1010. The fraction of sp³-hybridized carbons (Fsp3) is 0.158. The van der Waals surface area contributed by atoms with Crippen molar-refractivity contribution in [3.8, 4) is 22.9 Å². The van der Waals surface area contributed by atoms with Crippen LogP contribution in [-0.4, -0.2) is 34.0 Å². The molecule has 0 saturated carbocycles. The summed E-state index contributed by atoms with van der Waals surface area (Å²) in [5.41, 5.74) is 3.07. The van der Waals surface area contributed by atoms with Crippen molar-refractivity contribution < 1.29 is 19.4 Å². The number of nitrogens with zero attached hydrogens (tertiary/aromatic N) is 3. The van der Waals surface area contributed by atoms with Crippen LogP contribution in [0.3, 0.4) is 0 Å². The van der Waals surface area contributed by atoms with Gasteiger partial charge in [-0.25, -0.2) is 0 Å². The van der Waals surface area contributed by atoms with E-state index < -0.39 is 18.8 Å². The molecule has 1 N–H and O–H groups in total. The number of benzene rings is 2. The maximum Gasteiger partial charge on any atom is 0.247 e. The minimum Gasteiger partial charge on any atom is -0.546 e. The molecule has 3 aromatic rings. The van der Waals surface area contributed by atoms with Gasteiger partial charge in [0.15, 0.2) is 11.9 Å². The highest BCUT2D eigenvalue weighted by atomic mass is 32.2. The first-order chi connectivity index (χ1) is 13.6. The molecular formula is C19H15N4O4S-. The van der Waals surface area contributed by atoms with Gasteiger partial charge in [0, 0.05) is 16.8 Å². The fourth-order valence-corrected chi connectivity index (χ4v) is 3.06. The van der Waals surface area contributed by atoms with Crippen LogP contribution in [0.4, 0.5) is 5.69 Å². The zero-order chi connectivity index (χ0) is 19.5. The van der Waals surface area contributed by atoms with Gasteiger partial charge in [0.05, 0.1) is 5.97 Å². The number of ether oxygens (including phenoxy) is 2. The second-order valence-corrected chi connectivity index (χ2v) is 6.64. The first-order valence-electron chi connectivity index (χ1n) is 8.38. The number of nitrogens with one attached hydrogen (secondary N) is 1. The van der Waals surface area contributed by atoms with E-state index in [1.807, 2.05) is 30.5 Å². The van der Waals surface area contributed by atoms with Crippen molar-refractivity contribution in [2.45, 2.75) is 11.4 Å². The lowest BCUT2D eigenvalue weighted by Crippen LogP contribution is -2.28. The van der Waals surface area contributed by atoms with Crippen LogP contribution in [-0.2, 0) is 4.79 Å². The van der Waals surface area contributed by atoms with E-state index in [9.17, 15) is 9.90 Å². The van der Waals surface area contributed by atoms with E-state index in [0.717, 1.165) is 16.8 Å². The Hall–Kier alpha value is -3.33. The van der Waals surface area contributed by atoms with E-state index in [-0.39, 0.29) is 0 Å². The molecule has 1 aliphatic rings. The number of rotatable bonds is 5. The van der Waals surface area contributed by atoms with Gasteiger partial charge in [-0.1, -0.05) is 30.0 Å². The number of carbonyl (C=O) groups is 1. The Morgan fingerprint density at radius 3 is 2.75 bits per heavy atom. The molecular weight excluding hydrogens is 380 g/mol. The normalized spacial score (nSPS) is 14.7. The Balaban J connectivity index is 1.68. The number of hydrogen-bond acceptors (Lipinski definition) is 9. The number of anilines is 1. The lowest BCUT2D eigenvalue weighted by atomic mass is 10.1. The summed E-state index contributed by atoms with van der Waals surface area (Å²) in [6, 6.07) is 14.6. The van der Waals surface area contributed by atoms with Gasteiger partial charge >= 0.3 is 0 Å². The van der Waals surface area contributed by atoms with Gasteiger partial charge in [-0.05, 0) is 36.6 Å². The summed E-state index contributed by atoms with van der Waals surface area (Å²) < 4.78 is 11.2. The summed E-state index contributed by atoms with van der Waals surface area (Å²) in [5, 5.41) is 22.8. The number of thioether (sulfide) groups is 1. The average Bonchev–Trinajstić information content (AvgIpc) is 2.89. The standard InChI is InChI=1S/C19H16N4O4S/c1-28-19-21-18-16(22-23-19)13-4-2-3-5-14(13)20-17(27-18)11-6-8-12(9-7-11)26-10-15(24)25/h2-9,17,20H,10H2,1H3,(H,24,25)/p-1. The minimum atomic E-state index is -1.28. The van der Waals surface area contributed by atoms with E-state index in [2.05, 4.69) is 20.5 Å². The number of carboxylic acids is 1. The van der Waals surface area contributed by atoms with Gasteiger partial charge in [-0.2, -0.15) is 4.98 Å². The maximum absolute atomic E-state index is 10.5. The highest BCUT2D eigenvalue weighted by Crippen LogP contribution is 2.39. The van der Waals surface area contributed by atoms with Crippen LogP contribution in [0.2, 0.25) is 0 Å². The summed E-state index contributed by atoms with van der Waals surface area (Å²) in [7, 11) is 0. The lowest BCUT2D eigenvalue weighted by Gasteiger charge is -2.19. The molecule has 0 spiro atoms. The molecule has 1 atom stereocenters. The molecule has 28 heavy (non-hydrogen) atoms. The van der Waals surface area contributed by atoms with E-state index >= 15 is 0 Å². The van der Waals surface area contributed by atoms with Gasteiger partial charge in [0.25, 0.3) is 0 Å². The van der Waals surface area contributed by atoms with Gasteiger partial charge in [-0.3, -0.25) is 0 Å². The molecule has 1 unspecified atom stereocenters. The zero-order valence-corrected chi connectivity index (χ0v) is 15.6. The third-order valence-corrected chi connectivity index (χ3v) is 4.59. The Morgan fingerprint density at radius 2 is 2.00 bits per heavy atom. The molecule has 9 heteroatoms. The number of fused-ring (bicyclic) bond motifs is 3. The summed E-state index contributed by atoms with van der Waals surface area (Å²) in [5.74, 6) is -0.460. The molecule has 1 aliphatic heterocycles. The molecule has 142 valence electrons. The minimum absolute atomic E-state index is 0.388. The maximum atomic E-state index is 10.5. The fourth-order valence-electron chi connectivity index (χ4n) is 2.77. The molecule has 4 rings (SSSR count). The monoisotopic (exact) mass is 395 g/mol. The van der Waals surface area contributed by atoms with Crippen LogP contribution in [0, 0.1) is 0 Å². The topological polar surface area (TPSA) is 109 Å². The molecule has 8 nitrogen and oxygen atoms in total. The molecule has 2 heterocycles. The molecule has 0 bridgehead atoms. The predicted octanol–water partition coefficient (Wildman–Crippen LogP) is 1.89. The number of aromatic nitrogens is 3. The smallest absolute Gasteiger partial charge is 0.247 e. The van der Waals surface area contributed by atoms with Crippen LogP contribution in [0.25, 0.3) is 11.3 Å². The van der Waals surface area contributed by atoms with Crippen molar-refractivity contribution in [2.75, 3.05) is 18.2 Å². The van der Waals surface area contributed by atoms with Gasteiger partial charge < -0.3 is 24.7 Å². The summed E-state index contributed by atoms with van der Waals surface area (Å²) in [6.45, 7) is -0.502. The molecule has 0 saturated heterocycles. The Kier molecular flexibility index (Phi) is 4.98. The second-order valence-electron chi connectivity index (χ2n) is 5.87. The van der Waals surface area contributed by atoms with Crippen molar-refractivity contribution in [3.63, 3.8) is 0 Å². The Morgan fingerprint density at radius 1 is 1.21 bits per heavy atom. The van der Waals surface area contributed by atoms with Crippen LogP contribution in [0.5, 0.6) is 11.6 Å². The number of carbonyl (C=O) groups excluding carboxylic acids is 1. The first kappa shape index (κ1) is 18.1. The predicted molar refractivity (Wildman–Crippen MR) is 101 cm³/mol. The van der Waals surface area contributed by atoms with E-state index in [1.165, 1.54) is 11.8 Å². The number of aliphatic carboxylic acids is 1. The third kappa shape index (κ3) is 3.70. The van der Waals surface area contributed by atoms with Crippen molar-refractivity contribution in [2.24, 2.45) is 0 Å². The van der Waals surface area contributed by atoms with Crippen LogP contribution < -0.4 is 19.9 Å². The molecule has 1 aromatic heterocycles. The highest BCUT2D eigenvalue weighted by Gasteiger charge is 2.25. The molecule has 0 radical (unpaired) electrons. The zero-order valence-electron chi connectivity index (χ0n) is 14.8. The first-order valence-corrected chi connectivity index (χ1v) is 9.60. The third-order valence-electron chi connectivity index (χ3n) is 4.06. The van der Waals surface area contributed by atoms with E-state index in [4.69, 9.17) is 9.47 Å². The van der Waals surface area contributed by atoms with Crippen LogP contribution in [0.15, 0.2) is 53.7 Å². The van der Waals surface area contributed by atoms with E-state index in [0.29, 0.717) is 22.5 Å².